The van der Waals surface area contributed by atoms with E-state index in [0.29, 0.717) is 0 Å². The third-order valence-corrected chi connectivity index (χ3v) is 22.7. The number of hydrogen-bond acceptors (Lipinski definition) is 5. The van der Waals surface area contributed by atoms with Crippen LogP contribution in [0.4, 0.5) is 34.1 Å². The van der Waals surface area contributed by atoms with E-state index in [1.807, 2.05) is 11.3 Å². The summed E-state index contributed by atoms with van der Waals surface area (Å²) in [5, 5.41) is 6.23. The zero-order chi connectivity index (χ0) is 58.8. The van der Waals surface area contributed by atoms with E-state index in [1.165, 1.54) is 110 Å². The summed E-state index contributed by atoms with van der Waals surface area (Å²) in [5.41, 5.74) is 25.2. The monoisotopic (exact) mass is 1160 g/mol. The maximum atomic E-state index is 7.80. The molecule has 11 aromatic carbocycles. The Balaban J connectivity index is 0.921. The lowest BCUT2D eigenvalue weighted by molar-refractivity contribution is 0.330. The molecule has 0 fully saturated rings. The Kier molecular flexibility index (Phi) is 10.2. The predicted molar refractivity (Wildman–Crippen MR) is 374 cm³/mol. The maximum absolute atomic E-state index is 7.80. The largest absolute Gasteiger partial charge is 0.458 e. The van der Waals surface area contributed by atoms with E-state index in [2.05, 4.69) is 265 Å². The predicted octanol–water partition coefficient (Wildman–Crippen LogP) is 17.1. The number of rotatable bonds is 4. The van der Waals surface area contributed by atoms with E-state index < -0.39 is 0 Å². The second kappa shape index (κ2) is 18.0. The minimum Gasteiger partial charge on any atom is -0.458 e. The second-order valence-electron chi connectivity index (χ2n) is 27.1. The highest BCUT2D eigenvalue weighted by Gasteiger charge is 2.50. The van der Waals surface area contributed by atoms with Gasteiger partial charge in [-0.2, -0.15) is 0 Å². The van der Waals surface area contributed by atoms with Crippen LogP contribution in [-0.2, 0) is 23.7 Å². The van der Waals surface area contributed by atoms with E-state index >= 15 is 0 Å². The van der Waals surface area contributed by atoms with E-state index in [0.717, 1.165) is 105 Å². The molecule has 20 rings (SSSR count). The Morgan fingerprint density at radius 3 is 1.40 bits per heavy atom. The minimum absolute atomic E-state index is 0.0237. The van der Waals surface area contributed by atoms with Crippen LogP contribution in [0.1, 0.15) is 74.9 Å². The second-order valence-corrected chi connectivity index (χ2v) is 28.3. The molecule has 0 unspecified atom stereocenters. The molecule has 0 atom stereocenters. The standard InChI is InChI=1S/C80H60B2N4O2S/c1-79(2)37-38-80(3,4)57-44-70-61(43-56(57)79)82-60-45-59-66(46-67(60)84(48-23-9-6-10-24-48)68-39-49(41-71(87-70)76(68)82)85-62-30-16-11-25-51(62)52-26-12-17-31-63(52)85)83(47-21-7-5-8-22-47)69-40-50(86-64-32-18-13-27-53(64)54-28-14-19-33-65(54)86)42-72-77(69)81(59)58-35-36-74-75(78(58)88-72)55-29-15-20-34-73(55)89-74/h5-14,16-19,21-28,30-33,35-36,39-46H,15,20,29,34,37-38H2,1-4H3. The Bertz CT molecular complexity index is 5340. The summed E-state index contributed by atoms with van der Waals surface area (Å²) >= 11 is 1.98. The molecule has 6 aliphatic rings. The maximum Gasteiger partial charge on any atom is 0.256 e. The lowest BCUT2D eigenvalue weighted by Crippen LogP contribution is -2.64. The van der Waals surface area contributed by atoms with Crippen molar-refractivity contribution in [3.63, 3.8) is 0 Å². The molecule has 14 aromatic rings. The topological polar surface area (TPSA) is 34.8 Å². The van der Waals surface area contributed by atoms with Crippen LogP contribution in [0.15, 0.2) is 218 Å². The molecule has 0 spiro atoms. The van der Waals surface area contributed by atoms with Gasteiger partial charge in [0.25, 0.3) is 13.4 Å². The first-order valence-electron chi connectivity index (χ1n) is 32.0. The molecule has 6 nitrogen and oxygen atoms in total. The van der Waals surface area contributed by atoms with Gasteiger partial charge in [-0.05, 0) is 178 Å². The van der Waals surface area contributed by atoms with Gasteiger partial charge in [-0.25, -0.2) is 0 Å². The van der Waals surface area contributed by atoms with Crippen molar-refractivity contribution in [3.8, 4) is 34.4 Å². The first-order chi connectivity index (χ1) is 43.6. The first-order valence-corrected chi connectivity index (χ1v) is 32.8. The van der Waals surface area contributed by atoms with Crippen LogP contribution in [0, 0.1) is 0 Å². The van der Waals surface area contributed by atoms with E-state index in [9.17, 15) is 0 Å². The van der Waals surface area contributed by atoms with Crippen LogP contribution in [0.5, 0.6) is 23.0 Å². The Labute approximate surface area is 522 Å². The number of benzene rings is 11. The van der Waals surface area contributed by atoms with Crippen molar-refractivity contribution in [3.05, 3.63) is 240 Å². The molecule has 424 valence electrons. The average Bonchev–Trinajstić information content (AvgIpc) is 0.925. The highest BCUT2D eigenvalue weighted by molar-refractivity contribution is 7.19. The number of anilines is 6. The molecular formula is C80H60B2N4O2S. The van der Waals surface area contributed by atoms with Crippen molar-refractivity contribution < 1.29 is 9.47 Å². The van der Waals surface area contributed by atoms with Gasteiger partial charge in [-0.1, -0.05) is 155 Å². The molecule has 0 amide bonds. The summed E-state index contributed by atoms with van der Waals surface area (Å²) in [4.78, 5) is 6.66. The van der Waals surface area contributed by atoms with Crippen molar-refractivity contribution in [2.45, 2.75) is 77.0 Å². The van der Waals surface area contributed by atoms with E-state index in [-0.39, 0.29) is 24.3 Å². The van der Waals surface area contributed by atoms with Crippen molar-refractivity contribution in [1.82, 2.24) is 9.13 Å². The van der Waals surface area contributed by atoms with Crippen LogP contribution in [-0.4, -0.2) is 22.6 Å². The van der Waals surface area contributed by atoms with Gasteiger partial charge in [0.05, 0.1) is 33.4 Å². The van der Waals surface area contributed by atoms with Crippen molar-refractivity contribution in [1.29, 1.82) is 0 Å². The van der Waals surface area contributed by atoms with Gasteiger partial charge in [-0.3, -0.25) is 0 Å². The summed E-state index contributed by atoms with van der Waals surface area (Å²) in [6.45, 7) is 9.46. The lowest BCUT2D eigenvalue weighted by atomic mass is 9.30. The fourth-order valence-corrected chi connectivity index (χ4v) is 18.5. The van der Waals surface area contributed by atoms with Crippen molar-refractivity contribution in [2.75, 3.05) is 9.80 Å². The number of nitrogens with zero attached hydrogens (tertiary/aromatic N) is 4. The highest BCUT2D eigenvalue weighted by Crippen LogP contribution is 2.52. The number of ether oxygens (including phenoxy) is 2. The summed E-state index contributed by atoms with van der Waals surface area (Å²) in [6.07, 6.45) is 6.85. The summed E-state index contributed by atoms with van der Waals surface area (Å²) in [6, 6.07) is 82.5. The summed E-state index contributed by atoms with van der Waals surface area (Å²) < 4.78 is 21.7. The molecule has 0 bridgehead atoms. The molecule has 2 aliphatic carbocycles. The zero-order valence-corrected chi connectivity index (χ0v) is 51.0. The fraction of sp³-hybridized carbons (Fsp3) is 0.150. The Morgan fingerprint density at radius 2 is 0.865 bits per heavy atom. The molecule has 0 saturated carbocycles. The number of aromatic nitrogens is 2. The third kappa shape index (κ3) is 6.89. The van der Waals surface area contributed by atoms with Crippen molar-refractivity contribution in [2.24, 2.45) is 0 Å². The number of aryl methyl sites for hydroxylation is 2. The van der Waals surface area contributed by atoms with Gasteiger partial charge in [-0.15, -0.1) is 11.3 Å². The highest BCUT2D eigenvalue weighted by atomic mass is 32.1. The quantitative estimate of drug-likeness (QED) is 0.165. The van der Waals surface area contributed by atoms with Crippen LogP contribution in [0.2, 0.25) is 0 Å². The van der Waals surface area contributed by atoms with Crippen molar-refractivity contribution >= 4 is 145 Å². The van der Waals surface area contributed by atoms with Gasteiger partial charge in [0.15, 0.2) is 0 Å². The summed E-state index contributed by atoms with van der Waals surface area (Å²) in [5.74, 6) is 3.77. The third-order valence-electron chi connectivity index (χ3n) is 21.4. The van der Waals surface area contributed by atoms with Gasteiger partial charge < -0.3 is 28.4 Å². The van der Waals surface area contributed by atoms with Gasteiger partial charge in [0.2, 0.25) is 0 Å². The molecule has 4 aliphatic heterocycles. The Hall–Kier alpha value is -9.69. The zero-order valence-electron chi connectivity index (χ0n) is 50.2. The fourth-order valence-electron chi connectivity index (χ4n) is 17.2. The molecular weight excluding hydrogens is 1100 g/mol. The van der Waals surface area contributed by atoms with Gasteiger partial charge >= 0.3 is 0 Å². The van der Waals surface area contributed by atoms with Gasteiger partial charge in [0, 0.05) is 82.8 Å². The number of fused-ring (bicyclic) bond motifs is 19. The van der Waals surface area contributed by atoms with Crippen LogP contribution >= 0.6 is 11.3 Å². The number of thiophene rings is 1. The molecule has 3 aromatic heterocycles. The smallest absolute Gasteiger partial charge is 0.256 e. The number of hydrogen-bond donors (Lipinski definition) is 0. The summed E-state index contributed by atoms with van der Waals surface area (Å²) in [7, 11) is 0. The minimum atomic E-state index is -0.170. The van der Waals surface area contributed by atoms with Crippen LogP contribution in [0.25, 0.3) is 65.1 Å². The van der Waals surface area contributed by atoms with E-state index in [1.54, 1.807) is 0 Å². The van der Waals surface area contributed by atoms with Crippen LogP contribution < -0.4 is 52.1 Å². The normalized spacial score (nSPS) is 16.1. The van der Waals surface area contributed by atoms with Crippen LogP contribution in [0.3, 0.4) is 0 Å². The molecule has 7 heterocycles. The molecule has 89 heavy (non-hydrogen) atoms. The molecule has 9 heteroatoms. The molecule has 0 saturated heterocycles. The van der Waals surface area contributed by atoms with Gasteiger partial charge in [0.1, 0.15) is 23.0 Å². The SMILES string of the molecule is CC1(C)CCC(C)(C)c2cc3c(cc21)Oc1cc(-n2c4ccccc4c4ccccc42)cc2c1B3c1cc3c(cc1N2c1ccccc1)N(c1ccccc1)c1cc(-n2c4ccccc4c4ccccc42)cc2c1B3c1ccc3sc4c(c3c1O2)CCCC4. The average molecular weight is 1160 g/mol. The number of para-hydroxylation sites is 6. The molecule has 0 radical (unpaired) electrons. The van der Waals surface area contributed by atoms with E-state index in [4.69, 9.17) is 9.47 Å². The lowest BCUT2D eigenvalue weighted by Gasteiger charge is -2.46. The first kappa shape index (κ1) is 50.3. The molecule has 0 N–H and O–H groups in total. The Morgan fingerprint density at radius 1 is 0.393 bits per heavy atom.